The zero-order chi connectivity index (χ0) is 16.4. The van der Waals surface area contributed by atoms with Crippen LogP contribution < -0.4 is 0 Å². The van der Waals surface area contributed by atoms with E-state index in [9.17, 15) is 13.2 Å². The second kappa shape index (κ2) is 5.88. The first-order chi connectivity index (χ1) is 10.9. The van der Waals surface area contributed by atoms with E-state index in [1.54, 1.807) is 30.5 Å². The summed E-state index contributed by atoms with van der Waals surface area (Å²) >= 11 is 0. The van der Waals surface area contributed by atoms with Gasteiger partial charge in [0.1, 0.15) is 0 Å². The van der Waals surface area contributed by atoms with E-state index in [1.807, 2.05) is 25.1 Å². The molecule has 0 atom stereocenters. The number of halogens is 3. The molecule has 0 amide bonds. The molecule has 3 rings (SSSR count). The summed E-state index contributed by atoms with van der Waals surface area (Å²) in [6, 6.07) is 16.5. The highest BCUT2D eigenvalue weighted by Gasteiger charge is 2.33. The van der Waals surface area contributed by atoms with Gasteiger partial charge in [-0.2, -0.15) is 13.2 Å². The van der Waals surface area contributed by atoms with Gasteiger partial charge in [-0.25, -0.2) is 0 Å². The van der Waals surface area contributed by atoms with Crippen molar-refractivity contribution in [1.82, 2.24) is 4.98 Å². The first-order valence-electron chi connectivity index (χ1n) is 7.15. The van der Waals surface area contributed by atoms with E-state index >= 15 is 0 Å². The van der Waals surface area contributed by atoms with E-state index in [2.05, 4.69) is 4.98 Å². The summed E-state index contributed by atoms with van der Waals surface area (Å²) in [5.41, 5.74) is 2.78. The minimum atomic E-state index is -4.38. The van der Waals surface area contributed by atoms with Crippen molar-refractivity contribution in [2.75, 3.05) is 0 Å². The Hall–Kier alpha value is -2.62. The summed E-state index contributed by atoms with van der Waals surface area (Å²) in [4.78, 5) is 4.14. The first kappa shape index (κ1) is 15.3. The topological polar surface area (TPSA) is 12.9 Å². The number of nitrogens with zero attached hydrogens (tertiary/aromatic N) is 1. The summed E-state index contributed by atoms with van der Waals surface area (Å²) < 4.78 is 39.6. The lowest BCUT2D eigenvalue weighted by molar-refractivity contribution is -0.137. The Balaban J connectivity index is 2.12. The van der Waals surface area contributed by atoms with Crippen molar-refractivity contribution < 1.29 is 13.2 Å². The molecule has 1 heterocycles. The first-order valence-corrected chi connectivity index (χ1v) is 7.15. The Kier molecular flexibility index (Phi) is 3.90. The Bertz CT molecular complexity index is 838. The molecule has 116 valence electrons. The molecule has 0 saturated heterocycles. The molecule has 4 heteroatoms. The van der Waals surface area contributed by atoms with Gasteiger partial charge in [0.05, 0.1) is 5.56 Å². The van der Waals surface area contributed by atoms with Gasteiger partial charge in [-0.05, 0) is 53.4 Å². The Morgan fingerprint density at radius 1 is 0.783 bits per heavy atom. The molecular weight excluding hydrogens is 299 g/mol. The van der Waals surface area contributed by atoms with Gasteiger partial charge in [-0.1, -0.05) is 36.4 Å². The Morgan fingerprint density at radius 3 is 2.22 bits per heavy atom. The molecule has 23 heavy (non-hydrogen) atoms. The lowest BCUT2D eigenvalue weighted by Gasteiger charge is -2.13. The van der Waals surface area contributed by atoms with Gasteiger partial charge < -0.3 is 0 Å². The fraction of sp³-hybridized carbons (Fsp3) is 0.105. The maximum absolute atomic E-state index is 13.2. The number of aromatic nitrogens is 1. The predicted octanol–water partition coefficient (Wildman–Crippen LogP) is 5.74. The van der Waals surface area contributed by atoms with Crippen LogP contribution in [0.5, 0.6) is 0 Å². The third kappa shape index (κ3) is 3.26. The van der Waals surface area contributed by atoms with Gasteiger partial charge in [0.25, 0.3) is 0 Å². The van der Waals surface area contributed by atoms with Crippen molar-refractivity contribution in [3.8, 4) is 22.3 Å². The number of benzene rings is 2. The highest BCUT2D eigenvalue weighted by molar-refractivity contribution is 5.75. The highest BCUT2D eigenvalue weighted by Crippen LogP contribution is 2.37. The average molecular weight is 313 g/mol. The van der Waals surface area contributed by atoms with E-state index in [1.165, 1.54) is 12.1 Å². The number of hydrogen-bond donors (Lipinski definition) is 0. The zero-order valence-corrected chi connectivity index (χ0v) is 12.4. The van der Waals surface area contributed by atoms with Crippen molar-refractivity contribution in [3.05, 3.63) is 78.1 Å². The zero-order valence-electron chi connectivity index (χ0n) is 12.4. The van der Waals surface area contributed by atoms with Crippen molar-refractivity contribution >= 4 is 0 Å². The van der Waals surface area contributed by atoms with Crippen LogP contribution in [0.4, 0.5) is 13.2 Å². The van der Waals surface area contributed by atoms with Crippen LogP contribution in [0.1, 0.15) is 11.3 Å². The second-order valence-electron chi connectivity index (χ2n) is 5.31. The second-order valence-corrected chi connectivity index (χ2v) is 5.31. The van der Waals surface area contributed by atoms with Gasteiger partial charge in [-0.15, -0.1) is 0 Å². The monoisotopic (exact) mass is 313 g/mol. The normalized spacial score (nSPS) is 11.5. The maximum atomic E-state index is 13.2. The number of aryl methyl sites for hydroxylation is 1. The summed E-state index contributed by atoms with van der Waals surface area (Å²) in [5, 5.41) is 0. The summed E-state index contributed by atoms with van der Waals surface area (Å²) in [6.07, 6.45) is -2.68. The molecule has 0 unspecified atom stereocenters. The van der Waals surface area contributed by atoms with Crippen LogP contribution in [-0.2, 0) is 6.18 Å². The quantitative estimate of drug-likeness (QED) is 0.587. The van der Waals surface area contributed by atoms with Gasteiger partial charge in [-0.3, -0.25) is 4.98 Å². The SMILES string of the molecule is Cc1cc(-c2cccc(-c3ccccc3C(F)(F)F)c2)ccn1. The average Bonchev–Trinajstić information content (AvgIpc) is 2.54. The Labute approximate surface area is 132 Å². The minimum absolute atomic E-state index is 0.188. The van der Waals surface area contributed by atoms with Gasteiger partial charge in [0.2, 0.25) is 0 Å². The maximum Gasteiger partial charge on any atom is 0.417 e. The molecule has 0 radical (unpaired) electrons. The van der Waals surface area contributed by atoms with Gasteiger partial charge >= 0.3 is 6.18 Å². The Morgan fingerprint density at radius 2 is 1.48 bits per heavy atom. The molecule has 1 nitrogen and oxygen atoms in total. The lowest BCUT2D eigenvalue weighted by Crippen LogP contribution is -2.06. The number of rotatable bonds is 2. The number of pyridine rings is 1. The fourth-order valence-electron chi connectivity index (χ4n) is 2.57. The lowest BCUT2D eigenvalue weighted by atomic mass is 9.96. The third-order valence-electron chi connectivity index (χ3n) is 3.64. The molecule has 2 aromatic carbocycles. The summed E-state index contributed by atoms with van der Waals surface area (Å²) in [7, 11) is 0. The molecule has 0 N–H and O–H groups in total. The van der Waals surface area contributed by atoms with E-state index in [0.717, 1.165) is 22.9 Å². The molecule has 0 fully saturated rings. The van der Waals surface area contributed by atoms with Crippen molar-refractivity contribution in [3.63, 3.8) is 0 Å². The summed E-state index contributed by atoms with van der Waals surface area (Å²) in [5.74, 6) is 0. The van der Waals surface area contributed by atoms with Gasteiger partial charge in [0.15, 0.2) is 0 Å². The van der Waals surface area contributed by atoms with E-state index in [0.29, 0.717) is 5.56 Å². The van der Waals surface area contributed by atoms with Crippen molar-refractivity contribution in [1.29, 1.82) is 0 Å². The van der Waals surface area contributed by atoms with Crippen LogP contribution in [0.25, 0.3) is 22.3 Å². The van der Waals surface area contributed by atoms with Crippen molar-refractivity contribution in [2.24, 2.45) is 0 Å². The van der Waals surface area contributed by atoms with E-state index in [4.69, 9.17) is 0 Å². The molecular formula is C19H14F3N. The molecule has 1 aromatic heterocycles. The molecule has 0 bridgehead atoms. The van der Waals surface area contributed by atoms with Crippen molar-refractivity contribution in [2.45, 2.75) is 13.1 Å². The van der Waals surface area contributed by atoms with Crippen LogP contribution in [-0.4, -0.2) is 4.98 Å². The van der Waals surface area contributed by atoms with Crippen LogP contribution in [0.2, 0.25) is 0 Å². The molecule has 0 saturated carbocycles. The highest BCUT2D eigenvalue weighted by atomic mass is 19.4. The molecule has 3 aromatic rings. The van der Waals surface area contributed by atoms with Crippen LogP contribution in [0.3, 0.4) is 0 Å². The van der Waals surface area contributed by atoms with E-state index < -0.39 is 11.7 Å². The van der Waals surface area contributed by atoms with Crippen LogP contribution >= 0.6 is 0 Å². The molecule has 0 aliphatic rings. The number of hydrogen-bond acceptors (Lipinski definition) is 1. The molecule has 0 spiro atoms. The van der Waals surface area contributed by atoms with Crippen LogP contribution in [0, 0.1) is 6.92 Å². The van der Waals surface area contributed by atoms with E-state index in [-0.39, 0.29) is 5.56 Å². The number of alkyl halides is 3. The van der Waals surface area contributed by atoms with Crippen LogP contribution in [0.15, 0.2) is 66.9 Å². The summed E-state index contributed by atoms with van der Waals surface area (Å²) in [6.45, 7) is 1.88. The molecule has 0 aliphatic heterocycles. The standard InChI is InChI=1S/C19H14F3N/c1-13-11-15(9-10-23-13)14-5-4-6-16(12-14)17-7-2-3-8-18(17)19(20,21)22/h2-12H,1H3. The third-order valence-corrected chi connectivity index (χ3v) is 3.64. The largest absolute Gasteiger partial charge is 0.417 e. The minimum Gasteiger partial charge on any atom is -0.262 e. The fourth-order valence-corrected chi connectivity index (χ4v) is 2.57. The smallest absolute Gasteiger partial charge is 0.262 e. The predicted molar refractivity (Wildman–Crippen MR) is 84.8 cm³/mol. The van der Waals surface area contributed by atoms with Gasteiger partial charge in [0, 0.05) is 11.9 Å². The molecule has 0 aliphatic carbocycles.